The van der Waals surface area contributed by atoms with Gasteiger partial charge in [0.1, 0.15) is 11.6 Å². The number of halogens is 5. The Morgan fingerprint density at radius 1 is 0.917 bits per heavy atom. The van der Waals surface area contributed by atoms with Crippen LogP contribution in [0.3, 0.4) is 0 Å². The molecule has 0 fully saturated rings. The Bertz CT molecular complexity index is 716. The van der Waals surface area contributed by atoms with Crippen LogP contribution in [0.4, 0.5) is 22.0 Å². The molecular formula is C19H15F5. The lowest BCUT2D eigenvalue weighted by Gasteiger charge is -2.07. The van der Waals surface area contributed by atoms with Gasteiger partial charge in [-0.1, -0.05) is 30.3 Å². The van der Waals surface area contributed by atoms with Crippen molar-refractivity contribution in [1.82, 2.24) is 0 Å². The number of aryl methyl sites for hydroxylation is 1. The van der Waals surface area contributed by atoms with E-state index in [4.69, 9.17) is 0 Å². The van der Waals surface area contributed by atoms with Crippen LogP contribution in [-0.2, 0) is 6.42 Å². The summed E-state index contributed by atoms with van der Waals surface area (Å²) in [5.74, 6) is -2.08. The highest BCUT2D eigenvalue weighted by Crippen LogP contribution is 2.27. The van der Waals surface area contributed by atoms with Gasteiger partial charge in [-0.15, -0.1) is 6.58 Å². The standard InChI is InChI=1S/C19H15F5/c1-2-3-4-13-5-7-14(8-6-13)15-11-17(20)16(18(21)12-15)9-10-19(22,23)24/h2,5-12H,1,3-4H2. The molecule has 0 spiro atoms. The second-order valence-corrected chi connectivity index (χ2v) is 5.25. The van der Waals surface area contributed by atoms with E-state index in [1.165, 1.54) is 0 Å². The Hall–Kier alpha value is -2.43. The second-order valence-electron chi connectivity index (χ2n) is 5.25. The molecule has 0 nitrogen and oxygen atoms in total. The number of hydrogen-bond donors (Lipinski definition) is 0. The molecule has 0 radical (unpaired) electrons. The van der Waals surface area contributed by atoms with Crippen LogP contribution in [0.15, 0.2) is 55.1 Å². The highest BCUT2D eigenvalue weighted by Gasteiger charge is 2.22. The Kier molecular flexibility index (Phi) is 5.54. The molecule has 24 heavy (non-hydrogen) atoms. The predicted molar refractivity (Wildman–Crippen MR) is 85.4 cm³/mol. The molecule has 0 aliphatic heterocycles. The first kappa shape index (κ1) is 17.9. The Morgan fingerprint density at radius 3 is 2.00 bits per heavy atom. The van der Waals surface area contributed by atoms with Crippen LogP contribution in [0.1, 0.15) is 17.5 Å². The summed E-state index contributed by atoms with van der Waals surface area (Å²) in [6, 6.07) is 9.17. The maximum absolute atomic E-state index is 13.9. The molecule has 2 rings (SSSR count). The van der Waals surface area contributed by atoms with E-state index < -0.39 is 23.4 Å². The van der Waals surface area contributed by atoms with Crippen molar-refractivity contribution in [3.63, 3.8) is 0 Å². The summed E-state index contributed by atoms with van der Waals surface area (Å²) in [5.41, 5.74) is 1.20. The highest BCUT2D eigenvalue weighted by molar-refractivity contribution is 5.67. The molecule has 0 saturated carbocycles. The summed E-state index contributed by atoms with van der Waals surface area (Å²) in [7, 11) is 0. The molecular weight excluding hydrogens is 323 g/mol. The van der Waals surface area contributed by atoms with Crippen LogP contribution in [-0.4, -0.2) is 6.18 Å². The minimum absolute atomic E-state index is 0.192. The number of benzene rings is 2. The molecule has 126 valence electrons. The second kappa shape index (κ2) is 7.43. The van der Waals surface area contributed by atoms with Crippen molar-refractivity contribution in [2.45, 2.75) is 19.0 Å². The lowest BCUT2D eigenvalue weighted by molar-refractivity contribution is -0.0790. The molecule has 2 aromatic rings. The molecule has 2 aromatic carbocycles. The van der Waals surface area contributed by atoms with E-state index in [0.29, 0.717) is 11.6 Å². The molecule has 0 amide bonds. The molecule has 0 saturated heterocycles. The van der Waals surface area contributed by atoms with Gasteiger partial charge in [-0.3, -0.25) is 0 Å². The van der Waals surface area contributed by atoms with Gasteiger partial charge in [0.15, 0.2) is 0 Å². The maximum Gasteiger partial charge on any atom is 0.409 e. The van der Waals surface area contributed by atoms with Gasteiger partial charge in [0.2, 0.25) is 0 Å². The molecule has 0 bridgehead atoms. The maximum atomic E-state index is 13.9. The summed E-state index contributed by atoms with van der Waals surface area (Å²) in [5, 5.41) is 0. The van der Waals surface area contributed by atoms with Gasteiger partial charge in [-0.2, -0.15) is 13.2 Å². The summed E-state index contributed by atoms with van der Waals surface area (Å²) < 4.78 is 64.3. The summed E-state index contributed by atoms with van der Waals surface area (Å²) in [6.45, 7) is 3.64. The third-order valence-corrected chi connectivity index (χ3v) is 3.44. The Balaban J connectivity index is 2.29. The normalized spacial score (nSPS) is 11.9. The van der Waals surface area contributed by atoms with E-state index in [-0.39, 0.29) is 11.6 Å². The lowest BCUT2D eigenvalue weighted by Crippen LogP contribution is -2.01. The van der Waals surface area contributed by atoms with Crippen molar-refractivity contribution in [3.05, 3.63) is 77.9 Å². The zero-order chi connectivity index (χ0) is 17.7. The van der Waals surface area contributed by atoms with Gasteiger partial charge in [-0.05, 0) is 47.7 Å². The quantitative estimate of drug-likeness (QED) is 0.442. The lowest BCUT2D eigenvalue weighted by atomic mass is 10.00. The molecule has 0 atom stereocenters. The number of allylic oxidation sites excluding steroid dienone is 2. The largest absolute Gasteiger partial charge is 0.409 e. The van der Waals surface area contributed by atoms with Gasteiger partial charge in [0.25, 0.3) is 0 Å². The molecule has 0 heterocycles. The fourth-order valence-electron chi connectivity index (χ4n) is 2.22. The van der Waals surface area contributed by atoms with E-state index in [1.807, 2.05) is 12.1 Å². The first-order valence-corrected chi connectivity index (χ1v) is 7.25. The molecule has 0 aliphatic rings. The molecule has 0 unspecified atom stereocenters. The predicted octanol–water partition coefficient (Wildman–Crippen LogP) is 6.33. The average Bonchev–Trinajstić information content (AvgIpc) is 2.51. The van der Waals surface area contributed by atoms with E-state index in [2.05, 4.69) is 6.58 Å². The average molecular weight is 338 g/mol. The SMILES string of the molecule is C=CCCc1ccc(-c2cc(F)c(C=CC(F)(F)F)c(F)c2)cc1. The third kappa shape index (κ3) is 4.78. The van der Waals surface area contributed by atoms with Crippen molar-refractivity contribution in [1.29, 1.82) is 0 Å². The fraction of sp³-hybridized carbons (Fsp3) is 0.158. The van der Waals surface area contributed by atoms with Gasteiger partial charge < -0.3 is 0 Å². The first-order chi connectivity index (χ1) is 11.3. The van der Waals surface area contributed by atoms with Crippen LogP contribution >= 0.6 is 0 Å². The Morgan fingerprint density at radius 2 is 1.50 bits per heavy atom. The van der Waals surface area contributed by atoms with Crippen molar-refractivity contribution < 1.29 is 22.0 Å². The van der Waals surface area contributed by atoms with Gasteiger partial charge in [0, 0.05) is 11.6 Å². The minimum Gasteiger partial charge on any atom is -0.206 e. The fourth-order valence-corrected chi connectivity index (χ4v) is 2.22. The number of rotatable bonds is 5. The molecule has 0 N–H and O–H groups in total. The van der Waals surface area contributed by atoms with Crippen molar-refractivity contribution >= 4 is 6.08 Å². The zero-order valence-electron chi connectivity index (χ0n) is 12.7. The van der Waals surface area contributed by atoms with E-state index >= 15 is 0 Å². The topological polar surface area (TPSA) is 0 Å². The zero-order valence-corrected chi connectivity index (χ0v) is 12.7. The summed E-state index contributed by atoms with van der Waals surface area (Å²) >= 11 is 0. The van der Waals surface area contributed by atoms with Crippen LogP contribution < -0.4 is 0 Å². The van der Waals surface area contributed by atoms with E-state index in [0.717, 1.165) is 30.5 Å². The minimum atomic E-state index is -4.63. The van der Waals surface area contributed by atoms with Crippen molar-refractivity contribution in [3.8, 4) is 11.1 Å². The third-order valence-electron chi connectivity index (χ3n) is 3.44. The molecule has 5 heteroatoms. The van der Waals surface area contributed by atoms with Crippen LogP contribution in [0.25, 0.3) is 17.2 Å². The first-order valence-electron chi connectivity index (χ1n) is 7.25. The molecule has 0 aliphatic carbocycles. The van der Waals surface area contributed by atoms with Crippen molar-refractivity contribution in [2.75, 3.05) is 0 Å². The monoisotopic (exact) mass is 338 g/mol. The highest BCUT2D eigenvalue weighted by atomic mass is 19.4. The van der Waals surface area contributed by atoms with Crippen LogP contribution in [0.5, 0.6) is 0 Å². The van der Waals surface area contributed by atoms with Crippen LogP contribution in [0, 0.1) is 11.6 Å². The van der Waals surface area contributed by atoms with Gasteiger partial charge in [-0.25, -0.2) is 8.78 Å². The van der Waals surface area contributed by atoms with E-state index in [9.17, 15) is 22.0 Å². The van der Waals surface area contributed by atoms with E-state index in [1.54, 1.807) is 18.2 Å². The number of hydrogen-bond acceptors (Lipinski definition) is 0. The Labute approximate surface area is 136 Å². The summed E-state index contributed by atoms with van der Waals surface area (Å²) in [4.78, 5) is 0. The van der Waals surface area contributed by atoms with Gasteiger partial charge >= 0.3 is 6.18 Å². The number of alkyl halides is 3. The van der Waals surface area contributed by atoms with Crippen LogP contribution in [0.2, 0.25) is 0 Å². The summed E-state index contributed by atoms with van der Waals surface area (Å²) in [6.07, 6.45) is -0.989. The molecule has 0 aromatic heterocycles. The van der Waals surface area contributed by atoms with Gasteiger partial charge in [0.05, 0.1) is 0 Å². The van der Waals surface area contributed by atoms with Crippen molar-refractivity contribution in [2.24, 2.45) is 0 Å². The smallest absolute Gasteiger partial charge is 0.206 e.